The van der Waals surface area contributed by atoms with E-state index >= 15 is 0 Å². The fraction of sp³-hybridized carbons (Fsp3) is 0.625. The molecule has 0 unspecified atom stereocenters. The zero-order valence-electron chi connectivity index (χ0n) is 13.0. The molecule has 2 rings (SSSR count). The summed E-state index contributed by atoms with van der Waals surface area (Å²) in [6.07, 6.45) is -1.34. The largest absolute Gasteiger partial charge is 0.392 e. The lowest BCUT2D eigenvalue weighted by atomic mass is 10.1. The number of rotatable bonds is 5. The quantitative estimate of drug-likeness (QED) is 0.862. The van der Waals surface area contributed by atoms with Crippen molar-refractivity contribution in [2.75, 3.05) is 32.7 Å². The molecule has 2 N–H and O–H groups in total. The van der Waals surface area contributed by atoms with Crippen LogP contribution in [0, 0.1) is 11.6 Å². The van der Waals surface area contributed by atoms with Crippen LogP contribution in [0.5, 0.6) is 0 Å². The lowest BCUT2D eigenvalue weighted by Crippen LogP contribution is -2.54. The summed E-state index contributed by atoms with van der Waals surface area (Å²) < 4.78 is 26.6. The third-order valence-corrected chi connectivity index (χ3v) is 4.10. The van der Waals surface area contributed by atoms with E-state index in [9.17, 15) is 19.0 Å². The van der Waals surface area contributed by atoms with E-state index in [0.29, 0.717) is 13.1 Å². The highest BCUT2D eigenvalue weighted by Crippen LogP contribution is 2.20. The van der Waals surface area contributed by atoms with Gasteiger partial charge >= 0.3 is 0 Å². The summed E-state index contributed by atoms with van der Waals surface area (Å²) >= 11 is 0. The van der Waals surface area contributed by atoms with Gasteiger partial charge in [-0.1, -0.05) is 6.07 Å². The van der Waals surface area contributed by atoms with Gasteiger partial charge in [0.15, 0.2) is 0 Å². The average Bonchev–Trinajstić information content (AvgIpc) is 2.41. The van der Waals surface area contributed by atoms with E-state index in [2.05, 4.69) is 16.7 Å². The van der Waals surface area contributed by atoms with Crippen LogP contribution in [-0.2, 0) is 0 Å². The molecule has 3 atom stereocenters. The van der Waals surface area contributed by atoms with E-state index in [1.807, 2.05) is 0 Å². The number of halogens is 2. The maximum absolute atomic E-state index is 13.7. The third-order valence-electron chi connectivity index (χ3n) is 4.10. The van der Waals surface area contributed by atoms with Gasteiger partial charge in [-0.2, -0.15) is 0 Å². The lowest BCUT2D eigenvalue weighted by molar-refractivity contribution is 0.0234. The summed E-state index contributed by atoms with van der Waals surface area (Å²) in [4.78, 5) is 4.27. The van der Waals surface area contributed by atoms with E-state index in [0.717, 1.165) is 31.8 Å². The third kappa shape index (κ3) is 4.46. The van der Waals surface area contributed by atoms with Crippen molar-refractivity contribution in [2.45, 2.75) is 32.1 Å². The van der Waals surface area contributed by atoms with Crippen molar-refractivity contribution in [3.05, 3.63) is 35.4 Å². The van der Waals surface area contributed by atoms with E-state index < -0.39 is 17.7 Å². The Hall–Kier alpha value is -1.08. The molecule has 0 bridgehead atoms. The summed E-state index contributed by atoms with van der Waals surface area (Å²) in [5.74, 6) is -1.36. The number of benzene rings is 1. The van der Waals surface area contributed by atoms with Gasteiger partial charge in [0.25, 0.3) is 0 Å². The Labute approximate surface area is 130 Å². The van der Waals surface area contributed by atoms with Crippen molar-refractivity contribution in [1.82, 2.24) is 9.80 Å². The van der Waals surface area contributed by atoms with Crippen molar-refractivity contribution in [3.8, 4) is 0 Å². The first-order valence-electron chi connectivity index (χ1n) is 7.64. The Morgan fingerprint density at radius 2 is 1.95 bits per heavy atom. The van der Waals surface area contributed by atoms with E-state index in [-0.39, 0.29) is 17.7 Å². The number of aliphatic hydroxyl groups is 2. The molecule has 1 aliphatic rings. The van der Waals surface area contributed by atoms with Crippen molar-refractivity contribution < 1.29 is 19.0 Å². The number of aliphatic hydroxyl groups excluding tert-OH is 2. The minimum absolute atomic E-state index is 0.125. The van der Waals surface area contributed by atoms with Gasteiger partial charge in [0.05, 0.1) is 12.2 Å². The van der Waals surface area contributed by atoms with Gasteiger partial charge < -0.3 is 10.2 Å². The molecule has 0 spiro atoms. The molecule has 6 heteroatoms. The molecule has 22 heavy (non-hydrogen) atoms. The Balaban J connectivity index is 1.92. The van der Waals surface area contributed by atoms with Gasteiger partial charge in [-0.05, 0) is 19.9 Å². The second-order valence-electron chi connectivity index (χ2n) is 6.13. The zero-order chi connectivity index (χ0) is 16.3. The molecule has 0 radical (unpaired) electrons. The normalized spacial score (nSPS) is 23.5. The van der Waals surface area contributed by atoms with Crippen LogP contribution in [0.1, 0.15) is 25.5 Å². The number of β-amino-alcohol motifs (C(OH)–C–C–N with tert-alkyl or cyclic N) is 2. The van der Waals surface area contributed by atoms with Crippen molar-refractivity contribution >= 4 is 0 Å². The van der Waals surface area contributed by atoms with Crippen LogP contribution in [0.15, 0.2) is 18.2 Å². The molecule has 1 saturated heterocycles. The van der Waals surface area contributed by atoms with Crippen LogP contribution >= 0.6 is 0 Å². The van der Waals surface area contributed by atoms with Crippen molar-refractivity contribution in [1.29, 1.82) is 0 Å². The molecular weight excluding hydrogens is 290 g/mol. The summed E-state index contributed by atoms with van der Waals surface area (Å²) in [6.45, 7) is 7.06. The van der Waals surface area contributed by atoms with Crippen LogP contribution in [0.2, 0.25) is 0 Å². The molecule has 1 aromatic rings. The molecule has 0 aromatic heterocycles. The zero-order valence-corrected chi connectivity index (χ0v) is 13.0. The van der Waals surface area contributed by atoms with Gasteiger partial charge in [-0.25, -0.2) is 8.78 Å². The maximum atomic E-state index is 13.7. The smallest absolute Gasteiger partial charge is 0.131 e. The van der Waals surface area contributed by atoms with Gasteiger partial charge in [-0.3, -0.25) is 9.80 Å². The number of piperazine rings is 1. The Morgan fingerprint density at radius 3 is 2.55 bits per heavy atom. The first kappa shape index (κ1) is 17.3. The minimum atomic E-state index is -0.976. The van der Waals surface area contributed by atoms with E-state index in [1.165, 1.54) is 6.07 Å². The standard InChI is InChI=1S/C16H24F2N2O2/c1-11-8-19(5-6-20(11)9-12(2)21)10-16(22)14-4-3-13(17)7-15(14)18/h3-4,7,11-12,16,21-22H,5-6,8-10H2,1-2H3/t11-,12+,16-/m1/s1. The molecule has 0 amide bonds. The monoisotopic (exact) mass is 314 g/mol. The highest BCUT2D eigenvalue weighted by atomic mass is 19.1. The number of hydrogen-bond donors (Lipinski definition) is 2. The highest BCUT2D eigenvalue weighted by Gasteiger charge is 2.26. The molecule has 1 fully saturated rings. The maximum Gasteiger partial charge on any atom is 0.131 e. The molecule has 1 heterocycles. The number of nitrogens with zero attached hydrogens (tertiary/aromatic N) is 2. The van der Waals surface area contributed by atoms with Crippen LogP contribution in [0.4, 0.5) is 8.78 Å². The minimum Gasteiger partial charge on any atom is -0.392 e. The van der Waals surface area contributed by atoms with Gasteiger partial charge in [-0.15, -0.1) is 0 Å². The Bertz CT molecular complexity index is 499. The predicted octanol–water partition coefficient (Wildman–Crippen LogP) is 1.39. The van der Waals surface area contributed by atoms with E-state index in [4.69, 9.17) is 0 Å². The van der Waals surface area contributed by atoms with Gasteiger partial charge in [0.2, 0.25) is 0 Å². The van der Waals surface area contributed by atoms with Gasteiger partial charge in [0.1, 0.15) is 11.6 Å². The molecule has 0 aliphatic carbocycles. The summed E-state index contributed by atoms with van der Waals surface area (Å²) in [6, 6.07) is 3.50. The number of hydrogen-bond acceptors (Lipinski definition) is 4. The summed E-state index contributed by atoms with van der Waals surface area (Å²) in [5, 5.41) is 19.7. The molecule has 1 aliphatic heterocycles. The highest BCUT2D eigenvalue weighted by molar-refractivity contribution is 5.21. The second-order valence-corrected chi connectivity index (χ2v) is 6.13. The van der Waals surface area contributed by atoms with Crippen LogP contribution < -0.4 is 0 Å². The average molecular weight is 314 g/mol. The first-order valence-corrected chi connectivity index (χ1v) is 7.64. The lowest BCUT2D eigenvalue weighted by Gasteiger charge is -2.41. The van der Waals surface area contributed by atoms with Crippen LogP contribution in [0.25, 0.3) is 0 Å². The second kappa shape index (κ2) is 7.46. The molecule has 124 valence electrons. The van der Waals surface area contributed by atoms with Crippen LogP contribution in [0.3, 0.4) is 0 Å². The van der Waals surface area contributed by atoms with E-state index in [1.54, 1.807) is 6.92 Å². The summed E-state index contributed by atoms with van der Waals surface area (Å²) in [5.41, 5.74) is 0.125. The fourth-order valence-corrected chi connectivity index (χ4v) is 2.96. The molecule has 4 nitrogen and oxygen atoms in total. The summed E-state index contributed by atoms with van der Waals surface area (Å²) in [7, 11) is 0. The first-order chi connectivity index (χ1) is 10.4. The molecule has 0 saturated carbocycles. The van der Waals surface area contributed by atoms with Crippen molar-refractivity contribution in [3.63, 3.8) is 0 Å². The SMILES string of the molecule is C[C@H](O)CN1CCN(C[C@@H](O)c2ccc(F)cc2F)C[C@H]1C. The topological polar surface area (TPSA) is 46.9 Å². The predicted molar refractivity (Wildman–Crippen MR) is 80.5 cm³/mol. The van der Waals surface area contributed by atoms with Crippen molar-refractivity contribution in [2.24, 2.45) is 0 Å². The Morgan fingerprint density at radius 1 is 1.23 bits per heavy atom. The Kier molecular flexibility index (Phi) is 5.86. The van der Waals surface area contributed by atoms with Gasteiger partial charge in [0, 0.05) is 50.4 Å². The molecular formula is C16H24F2N2O2. The fourth-order valence-electron chi connectivity index (χ4n) is 2.96. The molecule has 1 aromatic carbocycles. The van der Waals surface area contributed by atoms with Crippen LogP contribution in [-0.4, -0.2) is 64.9 Å².